The smallest absolute Gasteiger partial charge is 0.409 e. The van der Waals surface area contributed by atoms with Gasteiger partial charge in [0.15, 0.2) is 6.10 Å². The molecule has 1 amide bonds. The Labute approximate surface area is 187 Å². The van der Waals surface area contributed by atoms with Crippen LogP contribution in [-0.2, 0) is 15.9 Å². The summed E-state index contributed by atoms with van der Waals surface area (Å²) in [6, 6.07) is 18.6. The predicted molar refractivity (Wildman–Crippen MR) is 120 cm³/mol. The lowest BCUT2D eigenvalue weighted by molar-refractivity contribution is -0.988. The zero-order valence-electron chi connectivity index (χ0n) is 17.5. The van der Waals surface area contributed by atoms with Crippen molar-refractivity contribution in [3.8, 4) is 0 Å². The molecule has 2 heterocycles. The number of ether oxygens (including phenoxy) is 2. The highest BCUT2D eigenvalue weighted by Gasteiger charge is 2.58. The molecule has 6 heteroatoms. The number of cyclic esters (lactones) is 1. The Morgan fingerprint density at radius 1 is 1.10 bits per heavy atom. The quantitative estimate of drug-likeness (QED) is 0.546. The maximum absolute atomic E-state index is 13.6. The van der Waals surface area contributed by atoms with E-state index in [2.05, 4.69) is 58.2 Å². The monoisotopic (exact) mass is 473 g/mol. The van der Waals surface area contributed by atoms with E-state index in [9.17, 15) is 4.79 Å². The van der Waals surface area contributed by atoms with E-state index >= 15 is 0 Å². The van der Waals surface area contributed by atoms with Gasteiger partial charge >= 0.3 is 6.09 Å². The first-order valence-corrected chi connectivity index (χ1v) is 11.6. The lowest BCUT2D eigenvalue weighted by Gasteiger charge is -2.43. The molecule has 2 aliphatic rings. The first-order chi connectivity index (χ1) is 14.6. The zero-order chi connectivity index (χ0) is 21.0. The number of benzene rings is 2. The van der Waals surface area contributed by atoms with Crippen LogP contribution >= 0.6 is 15.9 Å². The second kappa shape index (κ2) is 9.60. The minimum atomic E-state index is -0.155. The topological polar surface area (TPSA) is 38.8 Å². The van der Waals surface area contributed by atoms with Gasteiger partial charge in [-0.3, -0.25) is 0 Å². The fourth-order valence-electron chi connectivity index (χ4n) is 4.90. The molecule has 0 radical (unpaired) electrons. The van der Waals surface area contributed by atoms with Crippen molar-refractivity contribution >= 4 is 22.0 Å². The SMILES string of the molecule is CCC(c1ccccc1)[N+]1(N2CCCOCC2)CC(Cc2ccccc2Br)OC1=O. The van der Waals surface area contributed by atoms with E-state index < -0.39 is 0 Å². The molecule has 0 aromatic heterocycles. The Morgan fingerprint density at radius 2 is 1.87 bits per heavy atom. The van der Waals surface area contributed by atoms with E-state index in [1.54, 1.807) is 0 Å². The Hall–Kier alpha value is -1.73. The van der Waals surface area contributed by atoms with E-state index in [0.717, 1.165) is 37.0 Å². The number of hydrogen-bond donors (Lipinski definition) is 0. The van der Waals surface area contributed by atoms with E-state index in [1.165, 1.54) is 11.1 Å². The zero-order valence-corrected chi connectivity index (χ0v) is 19.1. The van der Waals surface area contributed by atoms with Crippen molar-refractivity contribution in [1.82, 2.24) is 5.01 Å². The molecule has 2 aromatic carbocycles. The van der Waals surface area contributed by atoms with Gasteiger partial charge in [0.1, 0.15) is 12.6 Å². The van der Waals surface area contributed by atoms with E-state index in [-0.39, 0.29) is 22.8 Å². The van der Waals surface area contributed by atoms with Crippen molar-refractivity contribution in [1.29, 1.82) is 0 Å². The number of hydrogen-bond acceptors (Lipinski definition) is 4. The van der Waals surface area contributed by atoms with Crippen LogP contribution in [0.15, 0.2) is 59.1 Å². The summed E-state index contributed by atoms with van der Waals surface area (Å²) in [5, 5.41) is 2.30. The van der Waals surface area contributed by atoms with Crippen LogP contribution < -0.4 is 0 Å². The van der Waals surface area contributed by atoms with Crippen molar-refractivity contribution in [3.05, 3.63) is 70.2 Å². The van der Waals surface area contributed by atoms with Crippen LogP contribution in [-0.4, -0.2) is 54.6 Å². The number of quaternary nitrogens is 1. The van der Waals surface area contributed by atoms with Gasteiger partial charge in [-0.25, -0.2) is 0 Å². The van der Waals surface area contributed by atoms with Gasteiger partial charge < -0.3 is 9.47 Å². The van der Waals surface area contributed by atoms with Crippen LogP contribution in [0.5, 0.6) is 0 Å². The lowest BCUT2D eigenvalue weighted by Crippen LogP contribution is -2.63. The second-order valence-electron chi connectivity index (χ2n) is 8.06. The van der Waals surface area contributed by atoms with E-state index in [0.29, 0.717) is 19.6 Å². The van der Waals surface area contributed by atoms with Crippen molar-refractivity contribution in [2.45, 2.75) is 38.3 Å². The molecule has 3 unspecified atom stereocenters. The summed E-state index contributed by atoms with van der Waals surface area (Å²) < 4.78 is 13.1. The summed E-state index contributed by atoms with van der Waals surface area (Å²) in [4.78, 5) is 13.6. The predicted octanol–water partition coefficient (Wildman–Crippen LogP) is 5.12. The molecule has 0 spiro atoms. The average molecular weight is 474 g/mol. The van der Waals surface area contributed by atoms with E-state index in [1.807, 2.05) is 24.3 Å². The number of carbonyl (C=O) groups excluding carboxylic acids is 1. The molecular weight excluding hydrogens is 444 g/mol. The van der Waals surface area contributed by atoms with Crippen molar-refractivity contribution in [2.24, 2.45) is 0 Å². The van der Waals surface area contributed by atoms with Gasteiger partial charge in [0.25, 0.3) is 0 Å². The molecule has 2 aromatic rings. The van der Waals surface area contributed by atoms with Crippen LogP contribution in [0.25, 0.3) is 0 Å². The Kier molecular flexibility index (Phi) is 6.88. The molecule has 5 nitrogen and oxygen atoms in total. The maximum Gasteiger partial charge on any atom is 0.537 e. The number of halogens is 1. The Morgan fingerprint density at radius 3 is 2.63 bits per heavy atom. The minimum Gasteiger partial charge on any atom is -0.409 e. The molecule has 0 bridgehead atoms. The van der Waals surface area contributed by atoms with Gasteiger partial charge in [-0.2, -0.15) is 4.79 Å². The molecule has 30 heavy (non-hydrogen) atoms. The van der Waals surface area contributed by atoms with Gasteiger partial charge in [-0.1, -0.05) is 71.4 Å². The number of rotatable bonds is 6. The molecule has 0 saturated carbocycles. The fraction of sp³-hybridized carbons (Fsp3) is 0.458. The standard InChI is InChI=1S/C24H30BrN2O3/c1-2-23(19-9-4-3-5-10-19)27(26-13-8-15-29-16-14-26)18-21(30-24(27)28)17-20-11-6-7-12-22(20)25/h3-7,9-12,21,23H,2,8,13-18H2,1H3/q+1. The molecule has 4 rings (SSSR count). The summed E-state index contributed by atoms with van der Waals surface area (Å²) in [5.41, 5.74) is 2.35. The van der Waals surface area contributed by atoms with Crippen LogP contribution in [0, 0.1) is 0 Å². The van der Waals surface area contributed by atoms with Crippen LogP contribution in [0.2, 0.25) is 0 Å². The number of carbonyl (C=O) groups is 1. The third kappa shape index (κ3) is 4.19. The Bertz CT molecular complexity index is 855. The molecule has 3 atom stereocenters. The lowest BCUT2D eigenvalue weighted by atomic mass is 10.0. The van der Waals surface area contributed by atoms with Gasteiger partial charge in [-0.05, 0) is 18.1 Å². The Balaban J connectivity index is 1.69. The number of nitrogens with zero attached hydrogens (tertiary/aromatic N) is 2. The summed E-state index contributed by atoms with van der Waals surface area (Å²) in [6.07, 6.45) is 2.21. The third-order valence-corrected chi connectivity index (χ3v) is 7.03. The summed E-state index contributed by atoms with van der Waals surface area (Å²) >= 11 is 3.64. The summed E-state index contributed by atoms with van der Waals surface area (Å²) in [6.45, 7) is 5.77. The summed E-state index contributed by atoms with van der Waals surface area (Å²) in [5.74, 6) is 0. The summed E-state index contributed by atoms with van der Waals surface area (Å²) in [7, 11) is 0. The van der Waals surface area contributed by atoms with Gasteiger partial charge in [0, 0.05) is 29.5 Å². The fourth-order valence-corrected chi connectivity index (χ4v) is 5.35. The number of amides is 1. The van der Waals surface area contributed by atoms with Crippen LogP contribution in [0.3, 0.4) is 0 Å². The largest absolute Gasteiger partial charge is 0.537 e. The first kappa shape index (κ1) is 21.5. The molecule has 2 fully saturated rings. The molecular formula is C24H30BrN2O3+. The normalized spacial score (nSPS) is 26.2. The molecule has 0 N–H and O–H groups in total. The molecule has 2 aliphatic heterocycles. The average Bonchev–Trinajstić information content (AvgIpc) is 2.93. The minimum absolute atomic E-state index is 0.0287. The van der Waals surface area contributed by atoms with Crippen LogP contribution in [0.4, 0.5) is 4.79 Å². The van der Waals surface area contributed by atoms with Gasteiger partial charge in [0.05, 0.1) is 19.7 Å². The van der Waals surface area contributed by atoms with Crippen LogP contribution in [0.1, 0.15) is 36.9 Å². The highest BCUT2D eigenvalue weighted by Crippen LogP contribution is 2.40. The van der Waals surface area contributed by atoms with Crippen molar-refractivity contribution in [3.63, 3.8) is 0 Å². The highest BCUT2D eigenvalue weighted by atomic mass is 79.9. The molecule has 160 valence electrons. The van der Waals surface area contributed by atoms with Crippen molar-refractivity contribution in [2.75, 3.05) is 32.8 Å². The maximum atomic E-state index is 13.6. The highest BCUT2D eigenvalue weighted by molar-refractivity contribution is 9.10. The second-order valence-corrected chi connectivity index (χ2v) is 8.92. The molecule has 0 aliphatic carbocycles. The third-order valence-electron chi connectivity index (χ3n) is 6.26. The van der Waals surface area contributed by atoms with Gasteiger partial charge in [0.2, 0.25) is 0 Å². The van der Waals surface area contributed by atoms with Gasteiger partial charge in [-0.15, -0.1) is 9.60 Å². The molecule has 2 saturated heterocycles. The van der Waals surface area contributed by atoms with Crippen molar-refractivity contribution < 1.29 is 18.9 Å². The first-order valence-electron chi connectivity index (χ1n) is 10.9. The van der Waals surface area contributed by atoms with E-state index in [4.69, 9.17) is 9.47 Å².